The number of nitrogens with zero attached hydrogens (tertiary/aromatic N) is 2. The van der Waals surface area contributed by atoms with E-state index in [-0.39, 0.29) is 24.0 Å². The van der Waals surface area contributed by atoms with Crippen molar-refractivity contribution in [1.82, 2.24) is 4.90 Å². The number of halogens is 2. The minimum atomic E-state index is -3.65. The van der Waals surface area contributed by atoms with E-state index in [1.807, 2.05) is 24.3 Å². The van der Waals surface area contributed by atoms with Gasteiger partial charge >= 0.3 is 6.29 Å². The molecule has 0 radical (unpaired) electrons. The Labute approximate surface area is 166 Å². The Balaban J connectivity index is 1.27. The van der Waals surface area contributed by atoms with Gasteiger partial charge in [0.1, 0.15) is 5.75 Å². The monoisotopic (exact) mass is 405 g/mol. The van der Waals surface area contributed by atoms with Crippen molar-refractivity contribution in [3.63, 3.8) is 0 Å². The van der Waals surface area contributed by atoms with Gasteiger partial charge in [0.25, 0.3) is 0 Å². The SMILES string of the molecule is COc1ccc(N2CCN(C(=O)CNc3ccc4c(c3)OC(F)(F)O4)CC2)cc1. The summed E-state index contributed by atoms with van der Waals surface area (Å²) in [4.78, 5) is 16.5. The van der Waals surface area contributed by atoms with Crippen LogP contribution in [-0.4, -0.2) is 56.9 Å². The smallest absolute Gasteiger partial charge is 0.497 e. The number of carbonyl (C=O) groups is 1. The standard InChI is InChI=1S/C20H21F2N3O4/c1-27-16-5-3-15(4-6-16)24-8-10-25(11-9-24)19(26)13-23-14-2-7-17-18(12-14)29-20(21,22)28-17/h2-7,12,23H,8-11,13H2,1H3. The van der Waals surface area contributed by atoms with Crippen LogP contribution < -0.4 is 24.4 Å². The molecule has 0 aromatic heterocycles. The van der Waals surface area contributed by atoms with E-state index in [1.54, 1.807) is 18.1 Å². The molecule has 2 aromatic carbocycles. The van der Waals surface area contributed by atoms with E-state index in [0.717, 1.165) is 24.5 Å². The molecule has 1 amide bonds. The first-order chi connectivity index (χ1) is 13.9. The molecular weight excluding hydrogens is 384 g/mol. The molecule has 9 heteroatoms. The van der Waals surface area contributed by atoms with Gasteiger partial charge < -0.3 is 29.3 Å². The number of rotatable bonds is 5. The predicted octanol–water partition coefficient (Wildman–Crippen LogP) is 2.78. The van der Waals surface area contributed by atoms with Crippen molar-refractivity contribution in [1.29, 1.82) is 0 Å². The van der Waals surface area contributed by atoms with Gasteiger partial charge in [-0.05, 0) is 36.4 Å². The summed E-state index contributed by atoms with van der Waals surface area (Å²) < 4.78 is 40.1. The van der Waals surface area contributed by atoms with E-state index in [0.29, 0.717) is 18.8 Å². The molecule has 2 aliphatic heterocycles. The van der Waals surface area contributed by atoms with Gasteiger partial charge in [-0.15, -0.1) is 8.78 Å². The highest BCUT2D eigenvalue weighted by atomic mass is 19.3. The second kappa shape index (κ2) is 7.65. The summed E-state index contributed by atoms with van der Waals surface area (Å²) in [6, 6.07) is 12.2. The van der Waals surface area contributed by atoms with Crippen LogP contribution in [0.1, 0.15) is 0 Å². The Kier molecular flexibility index (Phi) is 5.04. The fraction of sp³-hybridized carbons (Fsp3) is 0.350. The van der Waals surface area contributed by atoms with Crippen molar-refractivity contribution in [2.75, 3.05) is 50.1 Å². The molecule has 2 heterocycles. The molecule has 1 fully saturated rings. The largest absolute Gasteiger partial charge is 0.586 e. The average molecular weight is 405 g/mol. The molecule has 0 spiro atoms. The maximum atomic E-state index is 13.1. The zero-order valence-corrected chi connectivity index (χ0v) is 15.9. The van der Waals surface area contributed by atoms with E-state index in [1.165, 1.54) is 12.1 Å². The molecule has 0 atom stereocenters. The summed E-state index contributed by atoms with van der Waals surface area (Å²) in [5, 5.41) is 2.96. The van der Waals surface area contributed by atoms with Crippen molar-refractivity contribution in [3.8, 4) is 17.2 Å². The number of amides is 1. The van der Waals surface area contributed by atoms with Crippen molar-refractivity contribution in [2.45, 2.75) is 6.29 Å². The van der Waals surface area contributed by atoms with Crippen LogP contribution >= 0.6 is 0 Å². The number of anilines is 2. The van der Waals surface area contributed by atoms with Gasteiger partial charge in [0.15, 0.2) is 11.5 Å². The summed E-state index contributed by atoms with van der Waals surface area (Å²) in [7, 11) is 1.63. The number of methoxy groups -OCH3 is 1. The van der Waals surface area contributed by atoms with Crippen LogP contribution in [-0.2, 0) is 4.79 Å². The van der Waals surface area contributed by atoms with Gasteiger partial charge in [-0.2, -0.15) is 0 Å². The molecule has 2 aliphatic rings. The van der Waals surface area contributed by atoms with Crippen LogP contribution in [0.3, 0.4) is 0 Å². The third kappa shape index (κ3) is 4.28. The van der Waals surface area contributed by atoms with Gasteiger partial charge in [-0.1, -0.05) is 0 Å². The number of benzene rings is 2. The van der Waals surface area contributed by atoms with E-state index in [2.05, 4.69) is 19.7 Å². The number of carbonyl (C=O) groups excluding carboxylic acids is 1. The van der Waals surface area contributed by atoms with E-state index in [4.69, 9.17) is 4.74 Å². The van der Waals surface area contributed by atoms with E-state index in [9.17, 15) is 13.6 Å². The third-order valence-electron chi connectivity index (χ3n) is 4.91. The minimum Gasteiger partial charge on any atom is -0.497 e. The molecule has 1 saturated heterocycles. The molecule has 7 nitrogen and oxygen atoms in total. The number of alkyl halides is 2. The lowest BCUT2D eigenvalue weighted by Crippen LogP contribution is -2.50. The zero-order valence-electron chi connectivity index (χ0n) is 15.9. The van der Waals surface area contributed by atoms with Crippen molar-refractivity contribution in [3.05, 3.63) is 42.5 Å². The van der Waals surface area contributed by atoms with Crippen LogP contribution in [0.25, 0.3) is 0 Å². The van der Waals surface area contributed by atoms with Crippen molar-refractivity contribution in [2.24, 2.45) is 0 Å². The van der Waals surface area contributed by atoms with Crippen molar-refractivity contribution < 1.29 is 27.8 Å². The summed E-state index contributed by atoms with van der Waals surface area (Å²) in [5.41, 5.74) is 1.60. The highest BCUT2D eigenvalue weighted by Crippen LogP contribution is 2.42. The van der Waals surface area contributed by atoms with Crippen LogP contribution in [0, 0.1) is 0 Å². The first-order valence-electron chi connectivity index (χ1n) is 9.24. The van der Waals surface area contributed by atoms with Gasteiger partial charge in [0, 0.05) is 43.6 Å². The Morgan fingerprint density at radius 1 is 1.07 bits per heavy atom. The summed E-state index contributed by atoms with van der Waals surface area (Å²) in [6.07, 6.45) is -3.65. The number of hydrogen-bond donors (Lipinski definition) is 1. The van der Waals surface area contributed by atoms with Gasteiger partial charge in [0.2, 0.25) is 5.91 Å². The average Bonchev–Trinajstić information content (AvgIpc) is 3.05. The van der Waals surface area contributed by atoms with Crippen LogP contribution in [0.4, 0.5) is 20.2 Å². The topological polar surface area (TPSA) is 63.3 Å². The highest BCUT2D eigenvalue weighted by Gasteiger charge is 2.43. The lowest BCUT2D eigenvalue weighted by molar-refractivity contribution is -0.286. The normalized spacial score (nSPS) is 17.2. The van der Waals surface area contributed by atoms with E-state index < -0.39 is 6.29 Å². The number of piperazine rings is 1. The molecule has 0 bridgehead atoms. The lowest BCUT2D eigenvalue weighted by atomic mass is 10.2. The second-order valence-electron chi connectivity index (χ2n) is 6.75. The second-order valence-corrected chi connectivity index (χ2v) is 6.75. The number of nitrogens with one attached hydrogen (secondary N) is 1. The number of ether oxygens (including phenoxy) is 3. The number of hydrogen-bond acceptors (Lipinski definition) is 6. The van der Waals surface area contributed by atoms with Crippen LogP contribution in [0.5, 0.6) is 17.2 Å². The Bertz CT molecular complexity index is 884. The maximum absolute atomic E-state index is 13.1. The molecule has 2 aromatic rings. The fourth-order valence-electron chi connectivity index (χ4n) is 3.36. The van der Waals surface area contributed by atoms with Crippen LogP contribution in [0.2, 0.25) is 0 Å². The minimum absolute atomic E-state index is 0.0264. The molecule has 29 heavy (non-hydrogen) atoms. The fourth-order valence-corrected chi connectivity index (χ4v) is 3.36. The summed E-state index contributed by atoms with van der Waals surface area (Å²) >= 11 is 0. The van der Waals surface area contributed by atoms with Gasteiger partial charge in [-0.25, -0.2) is 0 Å². The Morgan fingerprint density at radius 2 is 1.76 bits per heavy atom. The summed E-state index contributed by atoms with van der Waals surface area (Å²) in [5.74, 6) is 0.672. The first kappa shape index (κ1) is 19.1. The third-order valence-corrected chi connectivity index (χ3v) is 4.91. The van der Waals surface area contributed by atoms with Gasteiger partial charge in [0.05, 0.1) is 13.7 Å². The molecule has 154 valence electrons. The molecule has 0 unspecified atom stereocenters. The highest BCUT2D eigenvalue weighted by molar-refractivity contribution is 5.81. The maximum Gasteiger partial charge on any atom is 0.586 e. The molecule has 1 N–H and O–H groups in total. The van der Waals surface area contributed by atoms with Crippen molar-refractivity contribution >= 4 is 17.3 Å². The predicted molar refractivity (Wildman–Crippen MR) is 103 cm³/mol. The molecule has 0 aliphatic carbocycles. The Hall–Kier alpha value is -3.23. The molecule has 4 rings (SSSR count). The van der Waals surface area contributed by atoms with Gasteiger partial charge in [-0.3, -0.25) is 4.79 Å². The molecule has 0 saturated carbocycles. The lowest BCUT2D eigenvalue weighted by Gasteiger charge is -2.36. The Morgan fingerprint density at radius 3 is 2.45 bits per heavy atom. The first-order valence-corrected chi connectivity index (χ1v) is 9.24. The summed E-state index contributed by atoms with van der Waals surface area (Å²) in [6.45, 7) is 2.76. The zero-order chi connectivity index (χ0) is 20.4. The van der Waals surface area contributed by atoms with Crippen LogP contribution in [0.15, 0.2) is 42.5 Å². The van der Waals surface area contributed by atoms with E-state index >= 15 is 0 Å². The number of fused-ring (bicyclic) bond motifs is 1. The molecular formula is C20H21F2N3O4. The quantitative estimate of drug-likeness (QED) is 0.826.